The maximum absolute atomic E-state index is 11.9. The third kappa shape index (κ3) is 4.15. The van der Waals surface area contributed by atoms with E-state index >= 15 is 0 Å². The molecule has 0 unspecified atom stereocenters. The number of aromatic nitrogens is 1. The molecular formula is C17H19N3O2. The van der Waals surface area contributed by atoms with Gasteiger partial charge < -0.3 is 10.6 Å². The minimum atomic E-state index is -0.654. The van der Waals surface area contributed by atoms with Crippen LogP contribution in [-0.2, 0) is 16.0 Å². The van der Waals surface area contributed by atoms with Crippen LogP contribution in [0.4, 0.5) is 5.69 Å². The summed E-state index contributed by atoms with van der Waals surface area (Å²) in [5.74, 6) is -1.29. The first-order chi connectivity index (χ1) is 10.6. The molecule has 0 spiro atoms. The molecule has 0 saturated heterocycles. The minimum Gasteiger partial charge on any atom is -0.347 e. The van der Waals surface area contributed by atoms with Crippen molar-refractivity contribution in [2.45, 2.75) is 20.3 Å². The number of anilines is 1. The van der Waals surface area contributed by atoms with Gasteiger partial charge in [0.05, 0.1) is 0 Å². The van der Waals surface area contributed by atoms with Crippen molar-refractivity contribution in [2.24, 2.45) is 0 Å². The molecule has 1 aromatic heterocycles. The highest BCUT2D eigenvalue weighted by Gasteiger charge is 2.15. The summed E-state index contributed by atoms with van der Waals surface area (Å²) in [6, 6.07) is 11.3. The summed E-state index contributed by atoms with van der Waals surface area (Å²) < 4.78 is 0. The standard InChI is InChI=1S/C17H19N3O2/c1-12-6-5-7-13(2)15(12)20-17(22)16(21)19-11-9-14-8-3-4-10-18-14/h3-8,10H,9,11H2,1-2H3,(H,19,21)(H,20,22). The highest BCUT2D eigenvalue weighted by atomic mass is 16.2. The van der Waals surface area contributed by atoms with Gasteiger partial charge in [-0.2, -0.15) is 0 Å². The summed E-state index contributed by atoms with van der Waals surface area (Å²) in [6.45, 7) is 4.15. The number of nitrogens with zero attached hydrogens (tertiary/aromatic N) is 1. The Kier molecular flexibility index (Phi) is 5.25. The van der Waals surface area contributed by atoms with Gasteiger partial charge in [0, 0.05) is 30.5 Å². The monoisotopic (exact) mass is 297 g/mol. The van der Waals surface area contributed by atoms with Crippen LogP contribution in [-0.4, -0.2) is 23.3 Å². The third-order valence-electron chi connectivity index (χ3n) is 3.32. The molecule has 0 radical (unpaired) electrons. The molecule has 2 rings (SSSR count). The molecule has 0 atom stereocenters. The average molecular weight is 297 g/mol. The minimum absolute atomic E-state index is 0.371. The quantitative estimate of drug-likeness (QED) is 0.848. The molecule has 0 fully saturated rings. The lowest BCUT2D eigenvalue weighted by Crippen LogP contribution is -2.36. The van der Waals surface area contributed by atoms with Gasteiger partial charge in [0.1, 0.15) is 0 Å². The van der Waals surface area contributed by atoms with Crippen molar-refractivity contribution in [1.29, 1.82) is 0 Å². The van der Waals surface area contributed by atoms with Crippen LogP contribution in [0.5, 0.6) is 0 Å². The lowest BCUT2D eigenvalue weighted by Gasteiger charge is -2.11. The Hall–Kier alpha value is -2.69. The molecule has 0 saturated carbocycles. The number of para-hydroxylation sites is 1. The van der Waals surface area contributed by atoms with Gasteiger partial charge in [-0.25, -0.2) is 0 Å². The van der Waals surface area contributed by atoms with Gasteiger partial charge >= 0.3 is 11.8 Å². The van der Waals surface area contributed by atoms with E-state index in [0.717, 1.165) is 16.8 Å². The molecule has 2 N–H and O–H groups in total. The molecular weight excluding hydrogens is 278 g/mol. The largest absolute Gasteiger partial charge is 0.347 e. The van der Waals surface area contributed by atoms with E-state index in [1.807, 2.05) is 50.2 Å². The molecule has 0 aliphatic carbocycles. The van der Waals surface area contributed by atoms with Gasteiger partial charge in [0.15, 0.2) is 0 Å². The first-order valence-corrected chi connectivity index (χ1v) is 7.13. The van der Waals surface area contributed by atoms with Gasteiger partial charge in [-0.15, -0.1) is 0 Å². The average Bonchev–Trinajstić information content (AvgIpc) is 2.52. The Morgan fingerprint density at radius 3 is 2.36 bits per heavy atom. The van der Waals surface area contributed by atoms with Gasteiger partial charge in [-0.05, 0) is 37.1 Å². The number of nitrogens with one attached hydrogen (secondary N) is 2. The number of aryl methyl sites for hydroxylation is 2. The van der Waals surface area contributed by atoms with Gasteiger partial charge in [0.2, 0.25) is 0 Å². The maximum Gasteiger partial charge on any atom is 0.313 e. The number of carbonyl (C=O) groups is 2. The van der Waals surface area contributed by atoms with Crippen LogP contribution in [0.3, 0.4) is 0 Å². The predicted octanol–water partition coefficient (Wildman–Crippen LogP) is 2.00. The first-order valence-electron chi connectivity index (χ1n) is 7.13. The predicted molar refractivity (Wildman–Crippen MR) is 85.5 cm³/mol. The van der Waals surface area contributed by atoms with E-state index in [2.05, 4.69) is 15.6 Å². The molecule has 22 heavy (non-hydrogen) atoms. The van der Waals surface area contributed by atoms with Crippen LogP contribution in [0.25, 0.3) is 0 Å². The number of hydrogen-bond donors (Lipinski definition) is 2. The lowest BCUT2D eigenvalue weighted by molar-refractivity contribution is -0.136. The van der Waals surface area contributed by atoms with Crippen molar-refractivity contribution in [1.82, 2.24) is 10.3 Å². The molecule has 2 amide bonds. The highest BCUT2D eigenvalue weighted by Crippen LogP contribution is 2.19. The fourth-order valence-corrected chi connectivity index (χ4v) is 2.11. The SMILES string of the molecule is Cc1cccc(C)c1NC(=O)C(=O)NCCc1ccccn1. The van der Waals surface area contributed by atoms with Crippen LogP contribution in [0.15, 0.2) is 42.6 Å². The second kappa shape index (κ2) is 7.36. The van der Waals surface area contributed by atoms with Crippen LogP contribution in [0.1, 0.15) is 16.8 Å². The second-order valence-electron chi connectivity index (χ2n) is 5.05. The Labute approximate surface area is 129 Å². The fraction of sp³-hybridized carbons (Fsp3) is 0.235. The lowest BCUT2D eigenvalue weighted by atomic mass is 10.1. The Bertz CT molecular complexity index is 649. The van der Waals surface area contributed by atoms with Gasteiger partial charge in [0.25, 0.3) is 0 Å². The Morgan fingerprint density at radius 1 is 1.00 bits per heavy atom. The molecule has 1 aromatic carbocycles. The van der Waals surface area contributed by atoms with Crippen LogP contribution in [0, 0.1) is 13.8 Å². The third-order valence-corrected chi connectivity index (χ3v) is 3.32. The molecule has 0 bridgehead atoms. The topological polar surface area (TPSA) is 71.1 Å². The maximum atomic E-state index is 11.9. The van der Waals surface area contributed by atoms with Crippen molar-refractivity contribution in [3.8, 4) is 0 Å². The number of hydrogen-bond acceptors (Lipinski definition) is 3. The molecule has 1 heterocycles. The Morgan fingerprint density at radius 2 is 1.73 bits per heavy atom. The fourth-order valence-electron chi connectivity index (χ4n) is 2.11. The van der Waals surface area contributed by atoms with Gasteiger partial charge in [-0.3, -0.25) is 14.6 Å². The summed E-state index contributed by atoms with van der Waals surface area (Å²) in [7, 11) is 0. The number of rotatable bonds is 4. The highest BCUT2D eigenvalue weighted by molar-refractivity contribution is 6.39. The number of amides is 2. The van der Waals surface area contributed by atoms with Crippen LogP contribution >= 0.6 is 0 Å². The Balaban J connectivity index is 1.86. The van der Waals surface area contributed by atoms with Crippen molar-refractivity contribution in [2.75, 3.05) is 11.9 Å². The zero-order valence-corrected chi connectivity index (χ0v) is 12.7. The van der Waals surface area contributed by atoms with E-state index in [0.29, 0.717) is 18.7 Å². The number of benzene rings is 1. The number of carbonyl (C=O) groups excluding carboxylic acids is 2. The van der Waals surface area contributed by atoms with E-state index in [1.54, 1.807) is 6.20 Å². The van der Waals surface area contributed by atoms with Crippen LogP contribution < -0.4 is 10.6 Å². The first kappa shape index (κ1) is 15.7. The summed E-state index contributed by atoms with van der Waals surface area (Å²) in [4.78, 5) is 27.9. The normalized spacial score (nSPS) is 10.1. The van der Waals surface area contributed by atoms with E-state index in [1.165, 1.54) is 0 Å². The molecule has 5 heteroatoms. The summed E-state index contributed by atoms with van der Waals surface area (Å²) in [5, 5.41) is 5.26. The molecule has 5 nitrogen and oxygen atoms in total. The molecule has 0 aliphatic heterocycles. The zero-order valence-electron chi connectivity index (χ0n) is 12.7. The van der Waals surface area contributed by atoms with E-state index in [-0.39, 0.29) is 0 Å². The van der Waals surface area contributed by atoms with Crippen molar-refractivity contribution < 1.29 is 9.59 Å². The van der Waals surface area contributed by atoms with Crippen molar-refractivity contribution >= 4 is 17.5 Å². The molecule has 2 aromatic rings. The summed E-state index contributed by atoms with van der Waals surface area (Å²) >= 11 is 0. The van der Waals surface area contributed by atoms with Crippen molar-refractivity contribution in [3.05, 3.63) is 59.4 Å². The zero-order chi connectivity index (χ0) is 15.9. The van der Waals surface area contributed by atoms with E-state index < -0.39 is 11.8 Å². The number of pyridine rings is 1. The summed E-state index contributed by atoms with van der Waals surface area (Å²) in [6.07, 6.45) is 2.29. The van der Waals surface area contributed by atoms with Crippen molar-refractivity contribution in [3.63, 3.8) is 0 Å². The molecule has 0 aliphatic rings. The summed E-state index contributed by atoms with van der Waals surface area (Å²) in [5.41, 5.74) is 3.41. The van der Waals surface area contributed by atoms with Crippen LogP contribution in [0.2, 0.25) is 0 Å². The molecule has 114 valence electrons. The second-order valence-corrected chi connectivity index (χ2v) is 5.05. The van der Waals surface area contributed by atoms with E-state index in [4.69, 9.17) is 0 Å². The van der Waals surface area contributed by atoms with Gasteiger partial charge in [-0.1, -0.05) is 24.3 Å². The van der Waals surface area contributed by atoms with E-state index in [9.17, 15) is 9.59 Å². The smallest absolute Gasteiger partial charge is 0.313 e.